The van der Waals surface area contributed by atoms with Crippen LogP contribution in [0.2, 0.25) is 0 Å². The zero-order chi connectivity index (χ0) is 22.7. The summed E-state index contributed by atoms with van der Waals surface area (Å²) in [5, 5.41) is 8.78. The highest BCUT2D eigenvalue weighted by atomic mass is 16.5. The topological polar surface area (TPSA) is 59.4 Å². The monoisotopic (exact) mass is 450 g/mol. The molecular formula is C27H38N4O2. The van der Waals surface area contributed by atoms with E-state index >= 15 is 0 Å². The molecule has 1 unspecified atom stereocenters. The van der Waals surface area contributed by atoms with E-state index in [0.717, 1.165) is 96.5 Å². The lowest BCUT2D eigenvalue weighted by molar-refractivity contribution is 0.0486. The van der Waals surface area contributed by atoms with Gasteiger partial charge in [-0.3, -0.25) is 9.48 Å². The highest BCUT2D eigenvalue weighted by Crippen LogP contribution is 2.35. The maximum atomic E-state index is 13.3. The summed E-state index contributed by atoms with van der Waals surface area (Å²) in [4.78, 5) is 15.3. The Labute approximate surface area is 197 Å². The summed E-state index contributed by atoms with van der Waals surface area (Å²) < 4.78 is 7.84. The van der Waals surface area contributed by atoms with Gasteiger partial charge in [0, 0.05) is 62.1 Å². The number of rotatable bonds is 7. The summed E-state index contributed by atoms with van der Waals surface area (Å²) in [6.07, 6.45) is 8.35. The SMILES string of the molecule is CCCn1nc(C(=O)N2CCCC2)c2c1CCC(NCC1(c3ccccc3)CCOCC1)C2. The Balaban J connectivity index is 1.34. The van der Waals surface area contributed by atoms with Crippen LogP contribution in [0.3, 0.4) is 0 Å². The van der Waals surface area contributed by atoms with Crippen LogP contribution in [0.15, 0.2) is 30.3 Å². The number of nitrogens with one attached hydrogen (secondary N) is 1. The molecule has 6 heteroatoms. The Morgan fingerprint density at radius 2 is 1.94 bits per heavy atom. The number of likely N-dealkylation sites (tertiary alicyclic amines) is 1. The van der Waals surface area contributed by atoms with Crippen molar-refractivity contribution in [2.24, 2.45) is 0 Å². The summed E-state index contributed by atoms with van der Waals surface area (Å²) in [7, 11) is 0. The number of hydrogen-bond donors (Lipinski definition) is 1. The van der Waals surface area contributed by atoms with Crippen LogP contribution in [0.5, 0.6) is 0 Å². The van der Waals surface area contributed by atoms with E-state index in [-0.39, 0.29) is 11.3 Å². The van der Waals surface area contributed by atoms with Gasteiger partial charge in [-0.2, -0.15) is 5.10 Å². The third-order valence-electron chi connectivity index (χ3n) is 7.94. The van der Waals surface area contributed by atoms with Gasteiger partial charge in [-0.05, 0) is 56.9 Å². The van der Waals surface area contributed by atoms with E-state index in [1.54, 1.807) is 0 Å². The average molecular weight is 451 g/mol. The Kier molecular flexibility index (Phi) is 6.84. The molecule has 1 aromatic heterocycles. The molecule has 178 valence electrons. The number of fused-ring (bicyclic) bond motifs is 1. The minimum atomic E-state index is 0.125. The largest absolute Gasteiger partial charge is 0.381 e. The zero-order valence-corrected chi connectivity index (χ0v) is 20.0. The molecule has 2 aliphatic heterocycles. The van der Waals surface area contributed by atoms with E-state index in [1.807, 2.05) is 4.90 Å². The first-order valence-corrected chi connectivity index (χ1v) is 12.9. The lowest BCUT2D eigenvalue weighted by atomic mass is 9.73. The fourth-order valence-electron chi connectivity index (χ4n) is 5.96. The highest BCUT2D eigenvalue weighted by Gasteiger charge is 2.36. The molecular weight excluding hydrogens is 412 g/mol. The summed E-state index contributed by atoms with van der Waals surface area (Å²) in [6.45, 7) is 7.42. The first-order valence-electron chi connectivity index (χ1n) is 12.9. The molecule has 0 saturated carbocycles. The van der Waals surface area contributed by atoms with Crippen molar-refractivity contribution in [3.63, 3.8) is 0 Å². The van der Waals surface area contributed by atoms with Crippen molar-refractivity contribution in [2.75, 3.05) is 32.8 Å². The second kappa shape index (κ2) is 9.98. The number of ether oxygens (including phenoxy) is 1. The van der Waals surface area contributed by atoms with Crippen molar-refractivity contribution in [2.45, 2.75) is 76.3 Å². The van der Waals surface area contributed by atoms with Crippen molar-refractivity contribution in [1.82, 2.24) is 20.0 Å². The molecule has 1 N–H and O–H groups in total. The van der Waals surface area contributed by atoms with Crippen LogP contribution in [-0.2, 0) is 29.5 Å². The zero-order valence-electron chi connectivity index (χ0n) is 20.0. The van der Waals surface area contributed by atoms with Gasteiger partial charge >= 0.3 is 0 Å². The van der Waals surface area contributed by atoms with E-state index in [4.69, 9.17) is 9.84 Å². The molecule has 33 heavy (non-hydrogen) atoms. The molecule has 1 aromatic carbocycles. The molecule has 0 radical (unpaired) electrons. The van der Waals surface area contributed by atoms with E-state index in [2.05, 4.69) is 47.3 Å². The Hall–Kier alpha value is -2.18. The number of nitrogens with zero attached hydrogens (tertiary/aromatic N) is 3. The maximum Gasteiger partial charge on any atom is 0.274 e. The number of aryl methyl sites for hydroxylation is 1. The molecule has 0 spiro atoms. The van der Waals surface area contributed by atoms with Crippen molar-refractivity contribution in [3.8, 4) is 0 Å². The lowest BCUT2D eigenvalue weighted by Crippen LogP contribution is -2.47. The Morgan fingerprint density at radius 3 is 2.67 bits per heavy atom. The first-order chi connectivity index (χ1) is 16.2. The number of hydrogen-bond acceptors (Lipinski definition) is 4. The van der Waals surface area contributed by atoms with Crippen LogP contribution in [0, 0.1) is 0 Å². The van der Waals surface area contributed by atoms with Gasteiger partial charge in [0.1, 0.15) is 0 Å². The standard InChI is InChI=1S/C27H38N4O2/c1-2-14-31-24-11-10-22(19-23(24)25(29-31)26(32)30-15-6-7-16-30)28-20-27(12-17-33-18-13-27)21-8-4-3-5-9-21/h3-5,8-9,22,28H,2,6-7,10-20H2,1H3. The third-order valence-corrected chi connectivity index (χ3v) is 7.94. The van der Waals surface area contributed by atoms with E-state index in [0.29, 0.717) is 6.04 Å². The van der Waals surface area contributed by atoms with Crippen LogP contribution >= 0.6 is 0 Å². The van der Waals surface area contributed by atoms with E-state index < -0.39 is 0 Å². The van der Waals surface area contributed by atoms with Crippen LogP contribution in [-0.4, -0.2) is 59.5 Å². The summed E-state index contributed by atoms with van der Waals surface area (Å²) >= 11 is 0. The predicted molar refractivity (Wildman–Crippen MR) is 130 cm³/mol. The van der Waals surface area contributed by atoms with Gasteiger partial charge in [-0.15, -0.1) is 0 Å². The Morgan fingerprint density at radius 1 is 1.18 bits per heavy atom. The van der Waals surface area contributed by atoms with Crippen LogP contribution in [0.25, 0.3) is 0 Å². The minimum absolute atomic E-state index is 0.125. The molecule has 0 bridgehead atoms. The molecule has 3 aliphatic rings. The quantitative estimate of drug-likeness (QED) is 0.698. The first kappa shape index (κ1) is 22.6. The molecule has 6 nitrogen and oxygen atoms in total. The van der Waals surface area contributed by atoms with Gasteiger partial charge in [-0.25, -0.2) is 0 Å². The van der Waals surface area contributed by atoms with Crippen LogP contribution < -0.4 is 5.32 Å². The van der Waals surface area contributed by atoms with E-state index in [1.165, 1.54) is 16.8 Å². The summed E-state index contributed by atoms with van der Waals surface area (Å²) in [5.74, 6) is 0.143. The number of benzene rings is 1. The molecule has 1 aliphatic carbocycles. The number of carbonyl (C=O) groups excluding carboxylic acids is 1. The van der Waals surface area contributed by atoms with Crippen molar-refractivity contribution >= 4 is 5.91 Å². The summed E-state index contributed by atoms with van der Waals surface area (Å²) in [6, 6.07) is 11.3. The molecule has 1 atom stereocenters. The third kappa shape index (κ3) is 4.60. The van der Waals surface area contributed by atoms with Gasteiger partial charge < -0.3 is 15.0 Å². The molecule has 2 saturated heterocycles. The van der Waals surface area contributed by atoms with Gasteiger partial charge in [-0.1, -0.05) is 37.3 Å². The maximum absolute atomic E-state index is 13.3. The molecule has 2 fully saturated rings. The molecule has 2 aromatic rings. The highest BCUT2D eigenvalue weighted by molar-refractivity contribution is 5.94. The lowest BCUT2D eigenvalue weighted by Gasteiger charge is -2.39. The van der Waals surface area contributed by atoms with Gasteiger partial charge in [0.15, 0.2) is 5.69 Å². The predicted octanol–water partition coefficient (Wildman–Crippen LogP) is 3.72. The molecule has 3 heterocycles. The van der Waals surface area contributed by atoms with Crippen LogP contribution in [0.4, 0.5) is 0 Å². The average Bonchev–Trinajstić information content (AvgIpc) is 3.53. The number of aromatic nitrogens is 2. The molecule has 1 amide bonds. The van der Waals surface area contributed by atoms with Gasteiger partial charge in [0.25, 0.3) is 5.91 Å². The summed E-state index contributed by atoms with van der Waals surface area (Å²) in [5.41, 5.74) is 4.75. The minimum Gasteiger partial charge on any atom is -0.381 e. The van der Waals surface area contributed by atoms with Crippen molar-refractivity contribution in [3.05, 3.63) is 52.8 Å². The second-order valence-electron chi connectivity index (χ2n) is 10.1. The smallest absolute Gasteiger partial charge is 0.274 e. The van der Waals surface area contributed by atoms with Gasteiger partial charge in [0.05, 0.1) is 0 Å². The van der Waals surface area contributed by atoms with E-state index in [9.17, 15) is 4.79 Å². The van der Waals surface area contributed by atoms with Crippen molar-refractivity contribution in [1.29, 1.82) is 0 Å². The Bertz CT molecular complexity index is 943. The van der Waals surface area contributed by atoms with Crippen molar-refractivity contribution < 1.29 is 9.53 Å². The van der Waals surface area contributed by atoms with Gasteiger partial charge in [0.2, 0.25) is 0 Å². The second-order valence-corrected chi connectivity index (χ2v) is 10.1. The normalized spacial score (nSPS) is 22.3. The number of amides is 1. The fraction of sp³-hybridized carbons (Fsp3) is 0.630. The molecule has 5 rings (SSSR count). The number of carbonyl (C=O) groups is 1. The fourth-order valence-corrected chi connectivity index (χ4v) is 5.96. The van der Waals surface area contributed by atoms with Crippen LogP contribution in [0.1, 0.15) is 72.8 Å².